The predicted molar refractivity (Wildman–Crippen MR) is 87.4 cm³/mol. The van der Waals surface area contributed by atoms with Gasteiger partial charge in [0.1, 0.15) is 0 Å². The lowest BCUT2D eigenvalue weighted by atomic mass is 9.89. The van der Waals surface area contributed by atoms with E-state index in [1.54, 1.807) is 6.92 Å². The van der Waals surface area contributed by atoms with Crippen LogP contribution in [0.25, 0.3) is 0 Å². The van der Waals surface area contributed by atoms with Crippen LogP contribution in [-0.2, 0) is 4.79 Å². The first-order valence-electron chi connectivity index (χ1n) is 7.79. The first-order valence-corrected chi connectivity index (χ1v) is 8.16. The van der Waals surface area contributed by atoms with Gasteiger partial charge in [-0.1, -0.05) is 43.1 Å². The molecule has 1 aliphatic rings. The molecule has 1 aliphatic heterocycles. The fraction of sp³-hybridized carbons (Fsp3) is 0.588. The number of carbonyl (C=O) groups excluding carboxylic acids is 1. The van der Waals surface area contributed by atoms with E-state index in [-0.39, 0.29) is 11.9 Å². The minimum atomic E-state index is 0.186. The first kappa shape index (κ1) is 16.3. The van der Waals surface area contributed by atoms with E-state index in [4.69, 9.17) is 11.6 Å². The summed E-state index contributed by atoms with van der Waals surface area (Å²) in [5.41, 5.74) is 1.14. The Balaban J connectivity index is 2.02. The van der Waals surface area contributed by atoms with E-state index >= 15 is 0 Å². The van der Waals surface area contributed by atoms with Crippen molar-refractivity contribution in [1.29, 1.82) is 0 Å². The summed E-state index contributed by atoms with van der Waals surface area (Å²) in [7, 11) is 0. The lowest BCUT2D eigenvalue weighted by molar-refractivity contribution is -0.131. The van der Waals surface area contributed by atoms with E-state index in [0.717, 1.165) is 36.5 Å². The van der Waals surface area contributed by atoms with Gasteiger partial charge < -0.3 is 10.2 Å². The van der Waals surface area contributed by atoms with E-state index < -0.39 is 0 Å². The molecule has 1 N–H and O–H groups in total. The van der Waals surface area contributed by atoms with Crippen molar-refractivity contribution in [2.45, 2.75) is 45.7 Å². The second-order valence-corrected chi connectivity index (χ2v) is 6.35. The fourth-order valence-corrected chi connectivity index (χ4v) is 3.49. The summed E-state index contributed by atoms with van der Waals surface area (Å²) < 4.78 is 0. The van der Waals surface area contributed by atoms with E-state index in [0.29, 0.717) is 12.0 Å². The Morgan fingerprint density at radius 2 is 2.19 bits per heavy atom. The summed E-state index contributed by atoms with van der Waals surface area (Å²) in [6, 6.07) is 8.66. The van der Waals surface area contributed by atoms with Gasteiger partial charge in [-0.3, -0.25) is 4.79 Å². The highest BCUT2D eigenvalue weighted by atomic mass is 35.5. The number of benzene rings is 1. The van der Waals surface area contributed by atoms with Gasteiger partial charge in [-0.15, -0.1) is 0 Å². The van der Waals surface area contributed by atoms with Crippen molar-refractivity contribution in [3.05, 3.63) is 34.9 Å². The van der Waals surface area contributed by atoms with Crippen molar-refractivity contribution in [2.75, 3.05) is 13.1 Å². The number of carbonyl (C=O) groups is 1. The molecular formula is C17H25ClN2O. The molecule has 3 atom stereocenters. The summed E-state index contributed by atoms with van der Waals surface area (Å²) in [5, 5.41) is 4.53. The SMILES string of the molecule is CC[C@@H]1CN(C(C)=O)CC[C@@H]1N[C@@H](C)c1ccccc1Cl. The second-order valence-electron chi connectivity index (χ2n) is 5.94. The molecule has 1 amide bonds. The molecule has 1 fully saturated rings. The number of amides is 1. The number of likely N-dealkylation sites (tertiary alicyclic amines) is 1. The molecule has 0 unspecified atom stereocenters. The summed E-state index contributed by atoms with van der Waals surface area (Å²) in [6.07, 6.45) is 2.09. The van der Waals surface area contributed by atoms with Crippen LogP contribution in [0.3, 0.4) is 0 Å². The molecule has 21 heavy (non-hydrogen) atoms. The average molecular weight is 309 g/mol. The zero-order valence-electron chi connectivity index (χ0n) is 13.1. The minimum absolute atomic E-state index is 0.186. The zero-order valence-corrected chi connectivity index (χ0v) is 13.9. The van der Waals surface area contributed by atoms with Crippen molar-refractivity contribution < 1.29 is 4.79 Å². The van der Waals surface area contributed by atoms with Gasteiger partial charge in [0, 0.05) is 37.1 Å². The van der Waals surface area contributed by atoms with Crippen LogP contribution in [0.1, 0.15) is 45.2 Å². The highest BCUT2D eigenvalue weighted by Gasteiger charge is 2.30. The maximum Gasteiger partial charge on any atom is 0.219 e. The highest BCUT2D eigenvalue weighted by Crippen LogP contribution is 2.26. The van der Waals surface area contributed by atoms with Gasteiger partial charge in [0.15, 0.2) is 0 Å². The van der Waals surface area contributed by atoms with E-state index in [1.807, 2.05) is 23.1 Å². The predicted octanol–water partition coefficient (Wildman–Crippen LogP) is 3.64. The number of hydrogen-bond acceptors (Lipinski definition) is 2. The number of hydrogen-bond donors (Lipinski definition) is 1. The Morgan fingerprint density at radius 3 is 2.81 bits per heavy atom. The number of halogens is 1. The summed E-state index contributed by atoms with van der Waals surface area (Å²) in [5.74, 6) is 0.693. The molecule has 0 radical (unpaired) electrons. The molecule has 0 aromatic heterocycles. The molecule has 2 rings (SSSR count). The van der Waals surface area contributed by atoms with Gasteiger partial charge in [-0.2, -0.15) is 0 Å². The lowest BCUT2D eigenvalue weighted by Gasteiger charge is -2.39. The molecule has 0 saturated carbocycles. The van der Waals surface area contributed by atoms with Crippen molar-refractivity contribution in [2.24, 2.45) is 5.92 Å². The summed E-state index contributed by atoms with van der Waals surface area (Å²) in [4.78, 5) is 13.5. The Hall–Kier alpha value is -1.06. The van der Waals surface area contributed by atoms with Crippen LogP contribution in [0.5, 0.6) is 0 Å². The van der Waals surface area contributed by atoms with Gasteiger partial charge in [0.25, 0.3) is 0 Å². The standard InChI is InChI=1S/C17H25ClN2O/c1-4-14-11-20(13(3)21)10-9-17(14)19-12(2)15-7-5-6-8-16(15)18/h5-8,12,14,17,19H,4,9-11H2,1-3H3/t12-,14+,17-/m0/s1. The van der Waals surface area contributed by atoms with Crippen molar-refractivity contribution in [3.8, 4) is 0 Å². The third-order valence-corrected chi connectivity index (χ3v) is 4.88. The number of piperidine rings is 1. The van der Waals surface area contributed by atoms with Gasteiger partial charge in [-0.25, -0.2) is 0 Å². The lowest BCUT2D eigenvalue weighted by Crippen LogP contribution is -2.50. The van der Waals surface area contributed by atoms with Gasteiger partial charge in [-0.05, 0) is 30.9 Å². The van der Waals surface area contributed by atoms with Crippen LogP contribution in [0.15, 0.2) is 24.3 Å². The van der Waals surface area contributed by atoms with Crippen LogP contribution < -0.4 is 5.32 Å². The van der Waals surface area contributed by atoms with Crippen molar-refractivity contribution in [1.82, 2.24) is 10.2 Å². The van der Waals surface area contributed by atoms with Gasteiger partial charge in [0.05, 0.1) is 0 Å². The molecule has 0 aliphatic carbocycles. The maximum atomic E-state index is 11.5. The summed E-state index contributed by atoms with van der Waals surface area (Å²) in [6.45, 7) is 7.72. The Kier molecular flexibility index (Phi) is 5.65. The molecule has 1 aromatic carbocycles. The quantitative estimate of drug-likeness (QED) is 0.921. The Morgan fingerprint density at radius 1 is 1.48 bits per heavy atom. The van der Waals surface area contributed by atoms with E-state index in [9.17, 15) is 4.79 Å². The molecule has 0 spiro atoms. The van der Waals surface area contributed by atoms with Gasteiger partial charge >= 0.3 is 0 Å². The summed E-state index contributed by atoms with van der Waals surface area (Å²) >= 11 is 6.28. The van der Waals surface area contributed by atoms with Crippen LogP contribution in [0, 0.1) is 5.92 Å². The third-order valence-electron chi connectivity index (χ3n) is 4.54. The molecular weight excluding hydrogens is 284 g/mol. The molecule has 1 heterocycles. The van der Waals surface area contributed by atoms with E-state index in [2.05, 4.69) is 25.2 Å². The number of rotatable bonds is 4. The largest absolute Gasteiger partial charge is 0.343 e. The normalized spacial score (nSPS) is 23.9. The molecule has 1 aromatic rings. The first-order chi connectivity index (χ1) is 10.0. The van der Waals surface area contributed by atoms with Crippen molar-refractivity contribution in [3.63, 3.8) is 0 Å². The smallest absolute Gasteiger partial charge is 0.219 e. The topological polar surface area (TPSA) is 32.3 Å². The number of nitrogens with one attached hydrogen (secondary N) is 1. The Bertz CT molecular complexity index is 491. The molecule has 1 saturated heterocycles. The van der Waals surface area contributed by atoms with Crippen LogP contribution in [0.2, 0.25) is 5.02 Å². The third kappa shape index (κ3) is 3.98. The van der Waals surface area contributed by atoms with Crippen LogP contribution in [-0.4, -0.2) is 29.9 Å². The van der Waals surface area contributed by atoms with Gasteiger partial charge in [0.2, 0.25) is 5.91 Å². The van der Waals surface area contributed by atoms with Crippen LogP contribution >= 0.6 is 11.6 Å². The second kappa shape index (κ2) is 7.28. The van der Waals surface area contributed by atoms with Crippen molar-refractivity contribution >= 4 is 17.5 Å². The molecule has 4 heteroatoms. The molecule has 116 valence electrons. The molecule has 0 bridgehead atoms. The highest BCUT2D eigenvalue weighted by molar-refractivity contribution is 6.31. The molecule has 3 nitrogen and oxygen atoms in total. The monoisotopic (exact) mass is 308 g/mol. The maximum absolute atomic E-state index is 11.5. The zero-order chi connectivity index (χ0) is 15.4. The van der Waals surface area contributed by atoms with E-state index in [1.165, 1.54) is 0 Å². The number of nitrogens with zero attached hydrogens (tertiary/aromatic N) is 1. The van der Waals surface area contributed by atoms with Crippen LogP contribution in [0.4, 0.5) is 0 Å². The minimum Gasteiger partial charge on any atom is -0.343 e. The average Bonchev–Trinajstić information content (AvgIpc) is 2.47. The Labute approximate surface area is 132 Å². The fourth-order valence-electron chi connectivity index (χ4n) is 3.19.